The molecule has 0 aliphatic carbocycles. The first kappa shape index (κ1) is 46.7. The van der Waals surface area contributed by atoms with Crippen molar-refractivity contribution in [2.75, 3.05) is 9.80 Å². The van der Waals surface area contributed by atoms with Gasteiger partial charge >= 0.3 is 0 Å². The maximum absolute atomic E-state index is 10.2. The molecule has 0 atom stereocenters. The summed E-state index contributed by atoms with van der Waals surface area (Å²) in [4.78, 5) is 5.06. The van der Waals surface area contributed by atoms with Crippen molar-refractivity contribution in [1.29, 1.82) is 0 Å². The number of hydrogen-bond acceptors (Lipinski definition) is 4. The largest absolute Gasteiger partial charge is 0.310 e. The van der Waals surface area contributed by atoms with Gasteiger partial charge in [-0.25, -0.2) is 0 Å². The molecule has 2 aliphatic rings. The topological polar surface area (TPSA) is 6.48 Å². The van der Waals surface area contributed by atoms with Crippen molar-refractivity contribution in [2.45, 2.75) is 0 Å². The molecule has 2 aromatic heterocycles. The Hall–Kier alpha value is -10.0. The first-order chi connectivity index (χ1) is 41.6. The van der Waals surface area contributed by atoms with E-state index in [4.69, 9.17) is 0 Å². The average molecular weight is 1090 g/mol. The monoisotopic (exact) mass is 1090 g/mol. The van der Waals surface area contributed by atoms with Crippen LogP contribution in [0.5, 0.6) is 0 Å². The highest BCUT2D eigenvalue weighted by Gasteiger charge is 2.45. The summed E-state index contributed by atoms with van der Waals surface area (Å²) in [5.41, 5.74) is 23.5. The first-order valence-electron chi connectivity index (χ1n) is 28.9. The molecule has 2 nitrogen and oxygen atoms in total. The Morgan fingerprint density at radius 1 is 0.277 bits per heavy atom. The molecule has 2 aliphatic heterocycles. The van der Waals surface area contributed by atoms with E-state index in [1.165, 1.54) is 73.5 Å². The molecule has 4 heterocycles. The molecule has 83 heavy (non-hydrogen) atoms. The van der Waals surface area contributed by atoms with Crippen molar-refractivity contribution in [3.05, 3.63) is 297 Å². The smallest absolute Gasteiger partial charge is 0.252 e. The molecular formula is C78H49BN2S2. The summed E-state index contributed by atoms with van der Waals surface area (Å²) in [6.45, 7) is -0.260. The van der Waals surface area contributed by atoms with Crippen molar-refractivity contribution >= 4 is 120 Å². The Morgan fingerprint density at radius 3 is 1.01 bits per heavy atom. The molecule has 0 saturated carbocycles. The van der Waals surface area contributed by atoms with Gasteiger partial charge in [-0.05, 0) is 97.3 Å². The van der Waals surface area contributed by atoms with Gasteiger partial charge in [0.2, 0.25) is 0 Å². The van der Waals surface area contributed by atoms with Gasteiger partial charge in [0.05, 0.1) is 12.7 Å². The number of nitrogens with zero attached hydrogens (tertiary/aromatic N) is 2. The Balaban J connectivity index is 1.02. The Bertz CT molecular complexity index is 4680. The molecule has 13 aromatic carbocycles. The van der Waals surface area contributed by atoms with Crippen LogP contribution in [0.1, 0.15) is 1.37 Å². The van der Waals surface area contributed by atoms with Crippen LogP contribution in [-0.2, 0) is 0 Å². The Kier molecular flexibility index (Phi) is 10.9. The standard InChI is InChI=1S/C78H49BN2S2/c1-5-22-50(23-6-1)56-32-17-33-57(51-24-7-2-8-25-51)75(56)80-68-46-44-54(60-36-19-38-64-62-30-13-15-42-72(62)82-77(60)64)48-66(68)79-67-49-55(61-37-20-39-65-63-31-14-16-43-73(63)83-78(61)65)45-47-69(67)81(71-41-21-40-70(80)74(71)79)76-58(52-26-9-3-10-27-52)34-18-35-59(76)53-28-11-4-12-29-53/h1-49H/i21D. The first-order valence-corrected chi connectivity index (χ1v) is 30.1. The number of para-hydroxylation sites is 2. The van der Waals surface area contributed by atoms with Gasteiger partial charge in [0.15, 0.2) is 0 Å². The van der Waals surface area contributed by atoms with Gasteiger partial charge in [0.25, 0.3) is 6.71 Å². The fourth-order valence-electron chi connectivity index (χ4n) is 13.6. The predicted molar refractivity (Wildman–Crippen MR) is 359 cm³/mol. The second kappa shape index (κ2) is 19.3. The molecular weight excluding hydrogens is 1040 g/mol. The summed E-state index contributed by atoms with van der Waals surface area (Å²) in [6.07, 6.45) is 0. The van der Waals surface area contributed by atoms with E-state index in [2.05, 4.69) is 301 Å². The maximum atomic E-state index is 10.2. The number of fused-ring (bicyclic) bond motifs is 10. The second-order valence-corrected chi connectivity index (χ2v) is 23.8. The SMILES string of the molecule is [2H]c1cc2c3c(c1)N(c1c(-c4ccccc4)cccc1-c1ccccc1)c1ccc(-c4cccc5c4sc4ccccc45)cc1B3c1cc(-c3cccc4c3sc3ccccc34)ccc1N2c1c(-c2ccccc2)cccc1-c1ccccc1. The highest BCUT2D eigenvalue weighted by Crippen LogP contribution is 2.53. The van der Waals surface area contributed by atoms with E-state index >= 15 is 0 Å². The minimum Gasteiger partial charge on any atom is -0.310 e. The van der Waals surface area contributed by atoms with Crippen molar-refractivity contribution in [1.82, 2.24) is 0 Å². The van der Waals surface area contributed by atoms with E-state index < -0.39 is 0 Å². The average Bonchev–Trinajstić information content (AvgIpc) is 1.15. The number of hydrogen-bond donors (Lipinski definition) is 0. The highest BCUT2D eigenvalue weighted by molar-refractivity contribution is 7.26. The van der Waals surface area contributed by atoms with Gasteiger partial charge in [0.1, 0.15) is 0 Å². The van der Waals surface area contributed by atoms with Crippen molar-refractivity contribution in [3.63, 3.8) is 0 Å². The lowest BCUT2D eigenvalue weighted by molar-refractivity contribution is 1.25. The van der Waals surface area contributed by atoms with Gasteiger partial charge in [-0.1, -0.05) is 261 Å². The molecule has 0 saturated heterocycles. The van der Waals surface area contributed by atoms with Crippen LogP contribution in [-0.4, -0.2) is 6.71 Å². The summed E-state index contributed by atoms with van der Waals surface area (Å²) < 4.78 is 15.3. The third-order valence-corrected chi connectivity index (χ3v) is 19.7. The van der Waals surface area contributed by atoms with Crippen LogP contribution in [0.25, 0.3) is 107 Å². The molecule has 17 rings (SSSR count). The lowest BCUT2D eigenvalue weighted by Crippen LogP contribution is -2.61. The second-order valence-electron chi connectivity index (χ2n) is 21.7. The van der Waals surface area contributed by atoms with Crippen molar-refractivity contribution in [3.8, 4) is 66.8 Å². The molecule has 0 fully saturated rings. The van der Waals surface area contributed by atoms with Gasteiger partial charge in [-0.3, -0.25) is 0 Å². The quantitative estimate of drug-likeness (QED) is 0.140. The Morgan fingerprint density at radius 2 is 0.614 bits per heavy atom. The van der Waals surface area contributed by atoms with Gasteiger partial charge in [0, 0.05) is 85.3 Å². The zero-order valence-corrected chi connectivity index (χ0v) is 46.6. The maximum Gasteiger partial charge on any atom is 0.252 e. The molecule has 15 aromatic rings. The molecule has 0 spiro atoms. The zero-order valence-electron chi connectivity index (χ0n) is 46.0. The third kappa shape index (κ3) is 7.55. The normalized spacial score (nSPS) is 12.7. The van der Waals surface area contributed by atoms with Gasteiger partial charge < -0.3 is 9.80 Å². The molecule has 0 unspecified atom stereocenters. The summed E-state index contributed by atoms with van der Waals surface area (Å²) in [6, 6.07) is 107. The summed E-state index contributed by atoms with van der Waals surface area (Å²) >= 11 is 3.76. The molecule has 0 radical (unpaired) electrons. The molecule has 5 heteroatoms. The minimum atomic E-state index is -0.260. The number of rotatable bonds is 8. The predicted octanol–water partition coefficient (Wildman–Crippen LogP) is 20.5. The zero-order chi connectivity index (χ0) is 55.4. The van der Waals surface area contributed by atoms with E-state index in [1.807, 2.05) is 22.7 Å². The number of thiophene rings is 2. The van der Waals surface area contributed by atoms with Crippen LogP contribution in [0.3, 0.4) is 0 Å². The van der Waals surface area contributed by atoms with E-state index in [0.717, 1.165) is 84.1 Å². The van der Waals surface area contributed by atoms with Gasteiger partial charge in [-0.2, -0.15) is 0 Å². The molecule has 0 N–H and O–H groups in total. The Labute approximate surface area is 492 Å². The van der Waals surface area contributed by atoms with E-state index in [9.17, 15) is 1.37 Å². The highest BCUT2D eigenvalue weighted by atomic mass is 32.1. The van der Waals surface area contributed by atoms with Crippen LogP contribution >= 0.6 is 22.7 Å². The van der Waals surface area contributed by atoms with Crippen molar-refractivity contribution in [2.24, 2.45) is 0 Å². The summed E-state index contributed by atoms with van der Waals surface area (Å²) in [5, 5.41) is 5.12. The van der Waals surface area contributed by atoms with Crippen LogP contribution < -0.4 is 26.2 Å². The number of benzene rings is 13. The molecule has 386 valence electrons. The lowest BCUT2D eigenvalue weighted by Gasteiger charge is -2.45. The minimum absolute atomic E-state index is 0.260. The molecule has 0 amide bonds. The lowest BCUT2D eigenvalue weighted by atomic mass is 9.33. The van der Waals surface area contributed by atoms with E-state index in [0.29, 0.717) is 6.04 Å². The molecule has 0 bridgehead atoms. The fraction of sp³-hybridized carbons (Fsp3) is 0. The van der Waals surface area contributed by atoms with Crippen LogP contribution in [0.4, 0.5) is 34.1 Å². The van der Waals surface area contributed by atoms with E-state index in [-0.39, 0.29) is 6.71 Å². The van der Waals surface area contributed by atoms with Crippen LogP contribution in [0.2, 0.25) is 0 Å². The fourth-order valence-corrected chi connectivity index (χ4v) is 16.1. The van der Waals surface area contributed by atoms with Crippen LogP contribution in [0, 0.1) is 0 Å². The van der Waals surface area contributed by atoms with Crippen LogP contribution in [0.15, 0.2) is 297 Å². The number of anilines is 6. The van der Waals surface area contributed by atoms with Gasteiger partial charge in [-0.15, -0.1) is 22.7 Å². The van der Waals surface area contributed by atoms with E-state index in [1.54, 1.807) is 0 Å². The summed E-state index contributed by atoms with van der Waals surface area (Å²) in [5.74, 6) is 0. The summed E-state index contributed by atoms with van der Waals surface area (Å²) in [7, 11) is 0. The third-order valence-electron chi connectivity index (χ3n) is 17.2. The van der Waals surface area contributed by atoms with Crippen molar-refractivity contribution < 1.29 is 1.37 Å².